The molecule has 0 aliphatic heterocycles. The molecule has 0 amide bonds. The molecule has 0 saturated heterocycles. The summed E-state index contributed by atoms with van der Waals surface area (Å²) in [5, 5.41) is 0. The number of ether oxygens (including phenoxy) is 2. The molecule has 0 N–H and O–H groups in total. The van der Waals surface area contributed by atoms with Gasteiger partial charge in [-0.05, 0) is 13.8 Å². The fraction of sp³-hybridized carbons (Fsp3) is 0.667. The number of halogens is 2. The normalized spacial score (nSPS) is 16.2. The summed E-state index contributed by atoms with van der Waals surface area (Å²) in [4.78, 5) is 0. The number of rotatable bonds is 13. The van der Waals surface area contributed by atoms with Gasteiger partial charge in [0, 0.05) is 5.92 Å². The molecule has 0 saturated carbocycles. The first-order valence-corrected chi connectivity index (χ1v) is 8.32. The summed E-state index contributed by atoms with van der Waals surface area (Å²) in [5.74, 6) is -0.234. The quantitative estimate of drug-likeness (QED) is 0.360. The van der Waals surface area contributed by atoms with E-state index in [1.54, 1.807) is 12.2 Å². The Morgan fingerprint density at radius 3 is 1.76 bits per heavy atom. The summed E-state index contributed by atoms with van der Waals surface area (Å²) in [7, 11) is -3.96. The van der Waals surface area contributed by atoms with Gasteiger partial charge in [0.05, 0.1) is 55.8 Å². The van der Waals surface area contributed by atoms with Crippen LogP contribution in [0.1, 0.15) is 13.8 Å². The van der Waals surface area contributed by atoms with E-state index < -0.39 is 7.82 Å². The van der Waals surface area contributed by atoms with E-state index in [1.807, 2.05) is 13.8 Å². The fourth-order valence-corrected chi connectivity index (χ4v) is 2.09. The van der Waals surface area contributed by atoms with Gasteiger partial charge in [-0.1, -0.05) is 12.2 Å². The summed E-state index contributed by atoms with van der Waals surface area (Å²) in [6.45, 7) is 11.5. The molecule has 0 aromatic rings. The predicted octanol–water partition coefficient (Wildman–Crippen LogP) is 4.25. The van der Waals surface area contributed by atoms with Crippen LogP contribution >= 0.6 is 31.6 Å². The van der Waals surface area contributed by atoms with Crippen LogP contribution in [0.25, 0.3) is 0 Å². The Bertz CT molecular complexity index is 329. The van der Waals surface area contributed by atoms with Gasteiger partial charge in [0.2, 0.25) is 0 Å². The zero-order valence-corrected chi connectivity index (χ0v) is 14.5. The standard InChI is InChI=1S/C12H21Cl2O6P/c1-5-10(3)16-7-12(8-17-11(4)6-2)9-18-21(15,19-13)20-14/h5-6,10-12H,1-2,7-9H2,3-4H3. The van der Waals surface area contributed by atoms with Gasteiger partial charge in [0.15, 0.2) is 0 Å². The third-order valence-electron chi connectivity index (χ3n) is 2.49. The second kappa shape index (κ2) is 11.6. The van der Waals surface area contributed by atoms with E-state index in [-0.39, 0.29) is 24.7 Å². The van der Waals surface area contributed by atoms with Crippen LogP contribution in [0.4, 0.5) is 0 Å². The lowest BCUT2D eigenvalue weighted by molar-refractivity contribution is -0.00692. The van der Waals surface area contributed by atoms with Crippen molar-refractivity contribution in [2.24, 2.45) is 5.92 Å². The van der Waals surface area contributed by atoms with Crippen molar-refractivity contribution in [3.63, 3.8) is 0 Å². The Morgan fingerprint density at radius 2 is 1.43 bits per heavy atom. The van der Waals surface area contributed by atoms with Crippen LogP contribution in [-0.4, -0.2) is 32.0 Å². The fourth-order valence-electron chi connectivity index (χ4n) is 1.10. The largest absolute Gasteiger partial charge is 0.507 e. The average molecular weight is 363 g/mol. The van der Waals surface area contributed by atoms with Gasteiger partial charge in [0.25, 0.3) is 0 Å². The maximum atomic E-state index is 11.6. The Labute approximate surface area is 135 Å². The lowest BCUT2D eigenvalue weighted by Gasteiger charge is -2.21. The summed E-state index contributed by atoms with van der Waals surface area (Å²) >= 11 is 10.0. The van der Waals surface area contributed by atoms with Crippen LogP contribution in [0.3, 0.4) is 0 Å². The van der Waals surface area contributed by atoms with Crippen LogP contribution in [0.5, 0.6) is 0 Å². The minimum absolute atomic E-state index is 0.0373. The first-order chi connectivity index (χ1) is 9.90. The van der Waals surface area contributed by atoms with Crippen molar-refractivity contribution in [1.82, 2.24) is 0 Å². The monoisotopic (exact) mass is 362 g/mol. The third-order valence-corrected chi connectivity index (χ3v) is 4.31. The van der Waals surface area contributed by atoms with Crippen molar-refractivity contribution in [3.8, 4) is 0 Å². The molecular weight excluding hydrogens is 342 g/mol. The molecule has 2 unspecified atom stereocenters. The molecule has 0 heterocycles. The molecule has 9 heteroatoms. The number of hydrogen-bond donors (Lipinski definition) is 0. The molecule has 0 radical (unpaired) electrons. The van der Waals surface area contributed by atoms with Crippen LogP contribution in [0, 0.1) is 5.92 Å². The van der Waals surface area contributed by atoms with Gasteiger partial charge in [-0.15, -0.1) is 13.2 Å². The van der Waals surface area contributed by atoms with Crippen molar-refractivity contribution < 1.29 is 26.7 Å². The predicted molar refractivity (Wildman–Crippen MR) is 82.1 cm³/mol. The van der Waals surface area contributed by atoms with Gasteiger partial charge in [-0.2, -0.15) is 8.15 Å². The van der Waals surface area contributed by atoms with Gasteiger partial charge in [0.1, 0.15) is 0 Å². The molecule has 0 aromatic heterocycles. The van der Waals surface area contributed by atoms with E-state index in [4.69, 9.17) is 37.7 Å². The van der Waals surface area contributed by atoms with Crippen LogP contribution in [-0.2, 0) is 26.7 Å². The molecule has 124 valence electrons. The first kappa shape index (κ1) is 21.1. The van der Waals surface area contributed by atoms with Gasteiger partial charge >= 0.3 is 7.82 Å². The Kier molecular flexibility index (Phi) is 11.7. The Morgan fingerprint density at radius 1 is 1.00 bits per heavy atom. The maximum Gasteiger partial charge on any atom is 0.507 e. The van der Waals surface area contributed by atoms with E-state index in [2.05, 4.69) is 21.3 Å². The third kappa shape index (κ3) is 9.66. The second-order valence-corrected chi connectivity index (χ2v) is 6.55. The molecule has 0 fully saturated rings. The molecule has 0 aromatic carbocycles. The van der Waals surface area contributed by atoms with Gasteiger partial charge in [-0.3, -0.25) is 4.52 Å². The second-order valence-electron chi connectivity index (χ2n) is 4.30. The molecule has 6 nitrogen and oxygen atoms in total. The number of hydrogen-bond acceptors (Lipinski definition) is 6. The van der Waals surface area contributed by atoms with E-state index in [0.717, 1.165) is 0 Å². The molecule has 0 aliphatic rings. The van der Waals surface area contributed by atoms with E-state index in [9.17, 15) is 4.57 Å². The number of phosphoric acid groups is 1. The molecule has 0 bridgehead atoms. The van der Waals surface area contributed by atoms with Crippen molar-refractivity contribution >= 4 is 31.6 Å². The smallest absolute Gasteiger partial charge is 0.374 e. The minimum Gasteiger partial charge on any atom is -0.374 e. The zero-order valence-electron chi connectivity index (χ0n) is 12.1. The highest BCUT2D eigenvalue weighted by Gasteiger charge is 2.28. The topological polar surface area (TPSA) is 63.2 Å². The van der Waals surface area contributed by atoms with Gasteiger partial charge in [-0.25, -0.2) is 4.57 Å². The van der Waals surface area contributed by atoms with Crippen molar-refractivity contribution in [1.29, 1.82) is 0 Å². The van der Waals surface area contributed by atoms with Gasteiger partial charge < -0.3 is 9.47 Å². The first-order valence-electron chi connectivity index (χ1n) is 6.24. The summed E-state index contributed by atoms with van der Waals surface area (Å²) in [6.07, 6.45) is 3.04. The van der Waals surface area contributed by atoms with E-state index >= 15 is 0 Å². The zero-order chi connectivity index (χ0) is 16.3. The van der Waals surface area contributed by atoms with E-state index in [0.29, 0.717) is 13.2 Å². The maximum absolute atomic E-state index is 11.6. The lowest BCUT2D eigenvalue weighted by Crippen LogP contribution is -2.25. The summed E-state index contributed by atoms with van der Waals surface area (Å²) < 4.78 is 35.7. The van der Waals surface area contributed by atoms with Crippen molar-refractivity contribution in [3.05, 3.63) is 25.3 Å². The molecule has 0 rings (SSSR count). The highest BCUT2D eigenvalue weighted by Crippen LogP contribution is 2.52. The highest BCUT2D eigenvalue weighted by atomic mass is 35.5. The SMILES string of the molecule is C=CC(C)OCC(COC(C)C=C)COP(=O)(OCl)OCl. The average Bonchev–Trinajstić information content (AvgIpc) is 2.52. The lowest BCUT2D eigenvalue weighted by atomic mass is 10.2. The molecular formula is C12H21Cl2O6P. The summed E-state index contributed by atoms with van der Waals surface area (Å²) in [5.41, 5.74) is 0. The summed E-state index contributed by atoms with van der Waals surface area (Å²) in [6, 6.07) is 0. The molecule has 0 spiro atoms. The Balaban J connectivity index is 4.45. The molecule has 2 atom stereocenters. The van der Waals surface area contributed by atoms with Crippen molar-refractivity contribution in [2.45, 2.75) is 26.1 Å². The highest BCUT2D eigenvalue weighted by molar-refractivity contribution is 7.50. The van der Waals surface area contributed by atoms with E-state index in [1.165, 1.54) is 0 Å². The molecule has 21 heavy (non-hydrogen) atoms. The van der Waals surface area contributed by atoms with Crippen LogP contribution in [0.2, 0.25) is 0 Å². The molecule has 0 aliphatic carbocycles. The minimum atomic E-state index is -3.96. The van der Waals surface area contributed by atoms with Crippen LogP contribution < -0.4 is 0 Å². The Hall–Kier alpha value is 0.0900. The van der Waals surface area contributed by atoms with Crippen molar-refractivity contribution in [2.75, 3.05) is 19.8 Å². The van der Waals surface area contributed by atoms with Crippen LogP contribution in [0.15, 0.2) is 25.3 Å².